The fraction of sp³-hybridized carbons (Fsp3) is 0.550. The van der Waals surface area contributed by atoms with Crippen LogP contribution in [0.25, 0.3) is 0 Å². The number of nitrogens with zero attached hydrogens (tertiary/aromatic N) is 5. The van der Waals surface area contributed by atoms with E-state index in [0.717, 1.165) is 41.1 Å². The number of anilines is 1. The predicted octanol–water partition coefficient (Wildman–Crippen LogP) is 3.67. The molecular weight excluding hydrogens is 499 g/mol. The Morgan fingerprint density at radius 1 is 1.38 bits per heavy atom. The van der Waals surface area contributed by atoms with Gasteiger partial charge in [-0.2, -0.15) is 0 Å². The van der Waals surface area contributed by atoms with Crippen LogP contribution in [-0.4, -0.2) is 55.1 Å². The van der Waals surface area contributed by atoms with Gasteiger partial charge in [-0.25, -0.2) is 9.97 Å². The number of hydrogen-bond acceptors (Lipinski definition) is 6. The number of aromatic nitrogens is 2. The Bertz CT molecular complexity index is 776. The smallest absolute Gasteiger partial charge is 0.194 e. The van der Waals surface area contributed by atoms with E-state index in [4.69, 9.17) is 4.74 Å². The molecule has 2 aromatic heterocycles. The molecule has 0 amide bonds. The van der Waals surface area contributed by atoms with Gasteiger partial charge in [-0.1, -0.05) is 6.07 Å². The van der Waals surface area contributed by atoms with Crippen molar-refractivity contribution in [2.24, 2.45) is 4.99 Å². The van der Waals surface area contributed by atoms with Crippen molar-refractivity contribution in [3.63, 3.8) is 0 Å². The van der Waals surface area contributed by atoms with Gasteiger partial charge < -0.3 is 19.9 Å². The van der Waals surface area contributed by atoms with Crippen LogP contribution in [0.2, 0.25) is 0 Å². The summed E-state index contributed by atoms with van der Waals surface area (Å²) in [5.74, 6) is 1.91. The first-order valence-corrected chi connectivity index (χ1v) is 10.6. The van der Waals surface area contributed by atoms with Gasteiger partial charge in [-0.15, -0.1) is 35.3 Å². The number of thiazole rings is 1. The van der Waals surface area contributed by atoms with Crippen molar-refractivity contribution in [2.45, 2.75) is 39.0 Å². The lowest BCUT2D eigenvalue weighted by Gasteiger charge is -2.21. The Morgan fingerprint density at radius 2 is 2.14 bits per heavy atom. The number of nitrogens with one attached hydrogen (secondary N) is 1. The summed E-state index contributed by atoms with van der Waals surface area (Å²) in [4.78, 5) is 18.1. The zero-order valence-electron chi connectivity index (χ0n) is 17.6. The molecule has 3 rings (SSSR count). The minimum Gasteiger partial charge on any atom is -0.375 e. The fourth-order valence-corrected chi connectivity index (χ4v) is 4.06. The molecule has 1 fully saturated rings. The molecule has 1 atom stereocenters. The van der Waals surface area contributed by atoms with Gasteiger partial charge in [0.25, 0.3) is 0 Å². The van der Waals surface area contributed by atoms with Crippen LogP contribution in [0.5, 0.6) is 0 Å². The van der Waals surface area contributed by atoms with Crippen LogP contribution in [0.4, 0.5) is 5.82 Å². The molecule has 1 aliphatic rings. The first kappa shape index (κ1) is 23.8. The molecule has 29 heavy (non-hydrogen) atoms. The van der Waals surface area contributed by atoms with Crippen molar-refractivity contribution in [3.05, 3.63) is 40.0 Å². The van der Waals surface area contributed by atoms with Crippen molar-refractivity contribution in [1.82, 2.24) is 20.2 Å². The van der Waals surface area contributed by atoms with E-state index in [9.17, 15) is 0 Å². The van der Waals surface area contributed by atoms with Gasteiger partial charge in [0.2, 0.25) is 0 Å². The lowest BCUT2D eigenvalue weighted by atomic mass is 10.3. The van der Waals surface area contributed by atoms with Crippen LogP contribution in [0, 0.1) is 0 Å². The molecule has 0 radical (unpaired) electrons. The largest absolute Gasteiger partial charge is 0.375 e. The van der Waals surface area contributed by atoms with Crippen LogP contribution < -0.4 is 10.2 Å². The van der Waals surface area contributed by atoms with Gasteiger partial charge in [0, 0.05) is 52.4 Å². The highest BCUT2D eigenvalue weighted by molar-refractivity contribution is 14.0. The second kappa shape index (κ2) is 11.7. The van der Waals surface area contributed by atoms with Crippen molar-refractivity contribution in [2.75, 3.05) is 39.2 Å². The molecule has 0 saturated carbocycles. The van der Waals surface area contributed by atoms with Crippen LogP contribution in [0.15, 0.2) is 28.7 Å². The SMILES string of the molecule is CN=C(NCc1ccc(N2CCCC2)nc1)N(C)Cc1csc(C(C)OC)n1.I. The number of ether oxygens (including phenoxy) is 1. The van der Waals surface area contributed by atoms with E-state index in [1.807, 2.05) is 20.2 Å². The average molecular weight is 530 g/mol. The van der Waals surface area contributed by atoms with E-state index in [1.165, 1.54) is 12.8 Å². The van der Waals surface area contributed by atoms with Crippen LogP contribution in [0.3, 0.4) is 0 Å². The standard InChI is InChI=1S/C20H30N6OS.HI/c1-15(27-4)19-24-17(14-28-19)13-25(3)20(21-2)23-12-16-7-8-18(22-11-16)26-9-5-6-10-26;/h7-8,11,14-15H,5-6,9-10,12-13H2,1-4H3,(H,21,23);1H. The highest BCUT2D eigenvalue weighted by atomic mass is 127. The van der Waals surface area contributed by atoms with E-state index < -0.39 is 0 Å². The van der Waals surface area contributed by atoms with Crippen molar-refractivity contribution in [1.29, 1.82) is 0 Å². The molecule has 0 aromatic carbocycles. The maximum Gasteiger partial charge on any atom is 0.194 e. The van der Waals surface area contributed by atoms with Gasteiger partial charge in [-0.05, 0) is 31.4 Å². The molecule has 1 unspecified atom stereocenters. The number of rotatable bonds is 7. The third-order valence-corrected chi connectivity index (χ3v) is 5.99. The van der Waals surface area contributed by atoms with Crippen molar-refractivity contribution in [3.8, 4) is 0 Å². The van der Waals surface area contributed by atoms with Crippen LogP contribution in [0.1, 0.15) is 42.1 Å². The minimum absolute atomic E-state index is 0. The number of methoxy groups -OCH3 is 1. The number of pyridine rings is 1. The summed E-state index contributed by atoms with van der Waals surface area (Å²) in [6.07, 6.45) is 4.50. The molecule has 1 saturated heterocycles. The first-order chi connectivity index (χ1) is 13.6. The summed E-state index contributed by atoms with van der Waals surface area (Å²) in [6.45, 7) is 5.62. The first-order valence-electron chi connectivity index (χ1n) is 9.69. The monoisotopic (exact) mass is 530 g/mol. The second-order valence-corrected chi connectivity index (χ2v) is 7.92. The number of aliphatic imine (C=N–C) groups is 1. The summed E-state index contributed by atoms with van der Waals surface area (Å²) in [5, 5.41) is 6.49. The van der Waals surface area contributed by atoms with E-state index in [0.29, 0.717) is 13.1 Å². The summed E-state index contributed by atoms with van der Waals surface area (Å²) in [6, 6.07) is 4.25. The topological polar surface area (TPSA) is 65.9 Å². The Hall–Kier alpha value is -1.46. The molecule has 160 valence electrons. The van der Waals surface area contributed by atoms with Crippen molar-refractivity contribution < 1.29 is 4.74 Å². The molecule has 1 aliphatic heterocycles. The van der Waals surface area contributed by atoms with E-state index >= 15 is 0 Å². The van der Waals surface area contributed by atoms with Gasteiger partial charge in [0.05, 0.1) is 12.2 Å². The third-order valence-electron chi connectivity index (χ3n) is 4.93. The number of hydrogen-bond donors (Lipinski definition) is 1. The summed E-state index contributed by atoms with van der Waals surface area (Å²) in [7, 11) is 5.52. The summed E-state index contributed by atoms with van der Waals surface area (Å²) < 4.78 is 5.34. The molecule has 1 N–H and O–H groups in total. The molecular formula is C20H31IN6OS. The predicted molar refractivity (Wildman–Crippen MR) is 130 cm³/mol. The molecule has 0 bridgehead atoms. The number of guanidine groups is 1. The maximum absolute atomic E-state index is 5.34. The Balaban J connectivity index is 0.00000300. The zero-order valence-corrected chi connectivity index (χ0v) is 20.7. The Labute approximate surface area is 194 Å². The minimum atomic E-state index is 0. The van der Waals surface area contributed by atoms with E-state index in [-0.39, 0.29) is 30.1 Å². The zero-order chi connectivity index (χ0) is 19.9. The number of halogens is 1. The third kappa shape index (κ3) is 6.51. The highest BCUT2D eigenvalue weighted by Gasteiger charge is 2.14. The normalized spacial score (nSPS) is 15.2. The van der Waals surface area contributed by atoms with Gasteiger partial charge in [0.15, 0.2) is 5.96 Å². The van der Waals surface area contributed by atoms with Crippen LogP contribution in [-0.2, 0) is 17.8 Å². The quantitative estimate of drug-likeness (QED) is 0.335. The fourth-order valence-electron chi connectivity index (χ4n) is 3.22. The van der Waals surface area contributed by atoms with Gasteiger partial charge >= 0.3 is 0 Å². The van der Waals surface area contributed by atoms with E-state index in [1.54, 1.807) is 25.5 Å². The van der Waals surface area contributed by atoms with Gasteiger partial charge in [-0.3, -0.25) is 4.99 Å². The average Bonchev–Trinajstić information content (AvgIpc) is 3.40. The molecule has 7 nitrogen and oxygen atoms in total. The molecule has 0 spiro atoms. The summed E-state index contributed by atoms with van der Waals surface area (Å²) >= 11 is 1.63. The van der Waals surface area contributed by atoms with E-state index in [2.05, 4.69) is 47.6 Å². The van der Waals surface area contributed by atoms with Gasteiger partial charge in [0.1, 0.15) is 16.9 Å². The Kier molecular flexibility index (Phi) is 9.57. The highest BCUT2D eigenvalue weighted by Crippen LogP contribution is 2.21. The lowest BCUT2D eigenvalue weighted by molar-refractivity contribution is 0.119. The molecule has 9 heteroatoms. The summed E-state index contributed by atoms with van der Waals surface area (Å²) in [5.41, 5.74) is 2.16. The molecule has 3 heterocycles. The molecule has 2 aromatic rings. The lowest BCUT2D eigenvalue weighted by Crippen LogP contribution is -2.38. The Morgan fingerprint density at radius 3 is 2.76 bits per heavy atom. The molecule has 0 aliphatic carbocycles. The van der Waals surface area contributed by atoms with Crippen molar-refractivity contribution >= 4 is 47.1 Å². The second-order valence-electron chi connectivity index (χ2n) is 7.03. The van der Waals surface area contributed by atoms with Crippen LogP contribution >= 0.6 is 35.3 Å². The maximum atomic E-state index is 5.34.